The van der Waals surface area contributed by atoms with Crippen molar-refractivity contribution < 1.29 is 5.11 Å². The summed E-state index contributed by atoms with van der Waals surface area (Å²) in [6.45, 7) is 11.0. The molecule has 1 rings (SSSR count). The van der Waals surface area contributed by atoms with Crippen LogP contribution in [0.25, 0.3) is 0 Å². The zero-order chi connectivity index (χ0) is 12.3. The molecule has 2 N–H and O–H groups in total. The van der Waals surface area contributed by atoms with Gasteiger partial charge in [-0.05, 0) is 38.3 Å². The van der Waals surface area contributed by atoms with E-state index in [-0.39, 0.29) is 12.6 Å². The first-order chi connectivity index (χ1) is 7.45. The van der Waals surface area contributed by atoms with Gasteiger partial charge in [0.15, 0.2) is 0 Å². The van der Waals surface area contributed by atoms with E-state index in [1.54, 1.807) is 0 Å². The van der Waals surface area contributed by atoms with E-state index in [1.165, 1.54) is 15.3 Å². The third-order valence-electron chi connectivity index (χ3n) is 2.82. The molecule has 1 aromatic heterocycles. The normalized spacial score (nSPS) is 15.4. The van der Waals surface area contributed by atoms with Crippen LogP contribution in [0.1, 0.15) is 42.1 Å². The quantitative estimate of drug-likeness (QED) is 0.830. The van der Waals surface area contributed by atoms with Crippen LogP contribution >= 0.6 is 11.3 Å². The molecule has 0 fully saturated rings. The molecule has 0 aliphatic heterocycles. The number of hydrogen-bond donors (Lipinski definition) is 2. The number of nitrogens with one attached hydrogen (secondary N) is 1. The molecule has 0 bridgehead atoms. The first-order valence-electron chi connectivity index (χ1n) is 5.89. The standard InChI is InChI=1S/C13H23NOS/c1-8(2)13(14-9(3)7-15)12-6-10(4)16-11(12)5/h6,8-9,13-15H,7H2,1-5H3/t9-,13?/m1/s1. The lowest BCUT2D eigenvalue weighted by Gasteiger charge is -2.26. The van der Waals surface area contributed by atoms with Crippen LogP contribution in [-0.4, -0.2) is 17.8 Å². The minimum atomic E-state index is 0.145. The third kappa shape index (κ3) is 3.30. The Bertz CT molecular complexity index is 333. The van der Waals surface area contributed by atoms with Crippen molar-refractivity contribution in [2.75, 3.05) is 6.61 Å². The molecule has 0 aliphatic rings. The van der Waals surface area contributed by atoms with Gasteiger partial charge in [0.1, 0.15) is 0 Å². The molecule has 0 spiro atoms. The molecule has 0 amide bonds. The number of thiophene rings is 1. The van der Waals surface area contributed by atoms with E-state index in [0.29, 0.717) is 12.0 Å². The van der Waals surface area contributed by atoms with Crippen LogP contribution in [0.5, 0.6) is 0 Å². The van der Waals surface area contributed by atoms with E-state index in [1.807, 2.05) is 18.3 Å². The number of aliphatic hydroxyl groups is 1. The molecule has 2 atom stereocenters. The van der Waals surface area contributed by atoms with E-state index in [4.69, 9.17) is 5.11 Å². The number of hydrogen-bond acceptors (Lipinski definition) is 3. The lowest BCUT2D eigenvalue weighted by molar-refractivity contribution is 0.229. The highest BCUT2D eigenvalue weighted by Gasteiger charge is 2.20. The molecular formula is C13H23NOS. The predicted molar refractivity (Wildman–Crippen MR) is 71.1 cm³/mol. The van der Waals surface area contributed by atoms with Crippen LogP contribution in [0.2, 0.25) is 0 Å². The first-order valence-corrected chi connectivity index (χ1v) is 6.71. The largest absolute Gasteiger partial charge is 0.395 e. The SMILES string of the molecule is Cc1cc(C(N[C@H](C)CO)C(C)C)c(C)s1. The Kier molecular flexibility index (Phi) is 4.96. The fraction of sp³-hybridized carbons (Fsp3) is 0.692. The van der Waals surface area contributed by atoms with Gasteiger partial charge >= 0.3 is 0 Å². The van der Waals surface area contributed by atoms with Crippen molar-refractivity contribution in [2.24, 2.45) is 5.92 Å². The molecule has 3 heteroatoms. The van der Waals surface area contributed by atoms with E-state index in [2.05, 4.69) is 39.1 Å². The highest BCUT2D eigenvalue weighted by molar-refractivity contribution is 7.12. The van der Waals surface area contributed by atoms with Crippen LogP contribution in [-0.2, 0) is 0 Å². The Morgan fingerprint density at radius 1 is 1.31 bits per heavy atom. The Morgan fingerprint density at radius 3 is 2.31 bits per heavy atom. The van der Waals surface area contributed by atoms with Crippen LogP contribution in [0.15, 0.2) is 6.07 Å². The summed E-state index contributed by atoms with van der Waals surface area (Å²) in [6.07, 6.45) is 0. The second-order valence-corrected chi connectivity index (χ2v) is 6.30. The summed E-state index contributed by atoms with van der Waals surface area (Å²) in [5, 5.41) is 12.6. The highest BCUT2D eigenvalue weighted by Crippen LogP contribution is 2.30. The Labute approximate surface area is 103 Å². The maximum atomic E-state index is 9.13. The van der Waals surface area contributed by atoms with Gasteiger partial charge in [-0.2, -0.15) is 0 Å². The van der Waals surface area contributed by atoms with Crippen molar-refractivity contribution in [3.8, 4) is 0 Å². The fourth-order valence-corrected chi connectivity index (χ4v) is 2.93. The fourth-order valence-electron chi connectivity index (χ4n) is 1.96. The van der Waals surface area contributed by atoms with Gasteiger partial charge in [-0.3, -0.25) is 0 Å². The zero-order valence-electron chi connectivity index (χ0n) is 10.9. The monoisotopic (exact) mass is 241 g/mol. The minimum Gasteiger partial charge on any atom is -0.395 e. The van der Waals surface area contributed by atoms with Crippen molar-refractivity contribution in [1.82, 2.24) is 5.32 Å². The summed E-state index contributed by atoms with van der Waals surface area (Å²) in [7, 11) is 0. The Hall–Kier alpha value is -0.380. The molecule has 16 heavy (non-hydrogen) atoms. The molecule has 1 aromatic rings. The second-order valence-electron chi connectivity index (χ2n) is 4.84. The molecule has 0 saturated carbocycles. The molecule has 0 aromatic carbocycles. The number of aliphatic hydroxyl groups excluding tert-OH is 1. The topological polar surface area (TPSA) is 32.3 Å². The van der Waals surface area contributed by atoms with Crippen LogP contribution in [0.3, 0.4) is 0 Å². The van der Waals surface area contributed by atoms with E-state index < -0.39 is 0 Å². The maximum absolute atomic E-state index is 9.13. The van der Waals surface area contributed by atoms with Gasteiger partial charge in [-0.15, -0.1) is 11.3 Å². The summed E-state index contributed by atoms with van der Waals surface area (Å²) in [5.41, 5.74) is 1.39. The van der Waals surface area contributed by atoms with Crippen molar-refractivity contribution in [3.63, 3.8) is 0 Å². The summed E-state index contributed by atoms with van der Waals surface area (Å²) in [4.78, 5) is 2.74. The summed E-state index contributed by atoms with van der Waals surface area (Å²) in [6, 6.07) is 2.75. The van der Waals surface area contributed by atoms with Gasteiger partial charge in [0.05, 0.1) is 6.61 Å². The van der Waals surface area contributed by atoms with Gasteiger partial charge in [0, 0.05) is 21.8 Å². The molecule has 0 aliphatic carbocycles. The Morgan fingerprint density at radius 2 is 1.94 bits per heavy atom. The van der Waals surface area contributed by atoms with Crippen LogP contribution < -0.4 is 5.32 Å². The zero-order valence-corrected chi connectivity index (χ0v) is 11.7. The summed E-state index contributed by atoms with van der Waals surface area (Å²) in [5.74, 6) is 0.529. The first kappa shape index (κ1) is 13.7. The maximum Gasteiger partial charge on any atom is 0.0582 e. The van der Waals surface area contributed by atoms with Gasteiger partial charge in [0.2, 0.25) is 0 Å². The molecule has 1 heterocycles. The van der Waals surface area contributed by atoms with Gasteiger partial charge < -0.3 is 10.4 Å². The average molecular weight is 241 g/mol. The Balaban J connectivity index is 2.89. The van der Waals surface area contributed by atoms with Crippen molar-refractivity contribution in [2.45, 2.75) is 46.7 Å². The lowest BCUT2D eigenvalue weighted by Crippen LogP contribution is -2.35. The molecule has 2 nitrogen and oxygen atoms in total. The van der Waals surface area contributed by atoms with Gasteiger partial charge in [-0.25, -0.2) is 0 Å². The third-order valence-corrected chi connectivity index (χ3v) is 3.80. The average Bonchev–Trinajstić information content (AvgIpc) is 2.53. The van der Waals surface area contributed by atoms with Crippen LogP contribution in [0, 0.1) is 19.8 Å². The molecule has 92 valence electrons. The van der Waals surface area contributed by atoms with Crippen molar-refractivity contribution in [1.29, 1.82) is 0 Å². The predicted octanol–water partition coefficient (Wildman–Crippen LogP) is 3.03. The molecule has 0 radical (unpaired) electrons. The van der Waals surface area contributed by atoms with E-state index in [0.717, 1.165) is 0 Å². The van der Waals surface area contributed by atoms with Crippen molar-refractivity contribution in [3.05, 3.63) is 21.4 Å². The van der Waals surface area contributed by atoms with Crippen LogP contribution in [0.4, 0.5) is 0 Å². The molecule has 1 unspecified atom stereocenters. The lowest BCUT2D eigenvalue weighted by atomic mass is 9.95. The second kappa shape index (κ2) is 5.80. The summed E-state index contributed by atoms with van der Waals surface area (Å²) >= 11 is 1.85. The van der Waals surface area contributed by atoms with Gasteiger partial charge in [-0.1, -0.05) is 13.8 Å². The van der Waals surface area contributed by atoms with Crippen molar-refractivity contribution >= 4 is 11.3 Å². The molecule has 0 saturated heterocycles. The van der Waals surface area contributed by atoms with Gasteiger partial charge in [0.25, 0.3) is 0 Å². The summed E-state index contributed by atoms with van der Waals surface area (Å²) < 4.78 is 0. The number of aryl methyl sites for hydroxylation is 2. The smallest absolute Gasteiger partial charge is 0.0582 e. The highest BCUT2D eigenvalue weighted by atomic mass is 32.1. The van der Waals surface area contributed by atoms with E-state index in [9.17, 15) is 0 Å². The minimum absolute atomic E-state index is 0.145. The van der Waals surface area contributed by atoms with E-state index >= 15 is 0 Å². The number of rotatable bonds is 5. The molecular weight excluding hydrogens is 218 g/mol.